The van der Waals surface area contributed by atoms with Crippen molar-refractivity contribution in [3.8, 4) is 16.8 Å². The molecule has 72 heavy (non-hydrogen) atoms. The van der Waals surface area contributed by atoms with Gasteiger partial charge in [-0.2, -0.15) is 0 Å². The summed E-state index contributed by atoms with van der Waals surface area (Å²) < 4.78 is 4.90. The van der Waals surface area contributed by atoms with Gasteiger partial charge in [-0.3, -0.25) is 4.98 Å². The molecule has 0 saturated heterocycles. The number of aromatic amines is 1. The van der Waals surface area contributed by atoms with Gasteiger partial charge in [0, 0.05) is 99.4 Å². The highest BCUT2D eigenvalue weighted by Crippen LogP contribution is 2.46. The lowest BCUT2D eigenvalue weighted by atomic mass is 9.89. The van der Waals surface area contributed by atoms with Crippen LogP contribution in [-0.4, -0.2) is 20.6 Å². The van der Waals surface area contributed by atoms with Crippen LogP contribution in [0.1, 0.15) is 17.2 Å². The second kappa shape index (κ2) is 18.3. The number of rotatable bonds is 6. The number of para-hydroxylation sites is 2. The van der Waals surface area contributed by atoms with Crippen LogP contribution in [0.15, 0.2) is 273 Å². The lowest BCUT2D eigenvalue weighted by Crippen LogP contribution is -2.35. The number of hydrogen-bond acceptors (Lipinski definition) is 4. The van der Waals surface area contributed by atoms with Gasteiger partial charge in [-0.25, -0.2) is 0 Å². The van der Waals surface area contributed by atoms with Gasteiger partial charge in [0.2, 0.25) is 0 Å². The topological polar surface area (TPSA) is 48.9 Å². The van der Waals surface area contributed by atoms with Crippen LogP contribution in [0.4, 0.5) is 5.69 Å². The fourth-order valence-electron chi connectivity index (χ4n) is 10.6. The summed E-state index contributed by atoms with van der Waals surface area (Å²) in [6, 6.07) is 60.7. The number of nitrogens with one attached hydrogen (secondary N) is 2. The van der Waals surface area contributed by atoms with Gasteiger partial charge in [0.05, 0.1) is 22.8 Å². The highest BCUT2D eigenvalue weighted by molar-refractivity contribution is 7.26. The molecule has 2 unspecified atom stereocenters. The minimum absolute atomic E-state index is 0.00377. The summed E-state index contributed by atoms with van der Waals surface area (Å²) in [5.41, 5.74) is 17.7. The molecule has 0 radical (unpaired) electrons. The van der Waals surface area contributed by atoms with Crippen LogP contribution in [-0.2, 0) is 0 Å². The van der Waals surface area contributed by atoms with Gasteiger partial charge in [0.1, 0.15) is 0 Å². The Kier molecular flexibility index (Phi) is 10.9. The van der Waals surface area contributed by atoms with E-state index in [1.165, 1.54) is 63.9 Å². The van der Waals surface area contributed by atoms with Crippen LogP contribution in [0.25, 0.3) is 86.2 Å². The molecule has 7 aromatic carbocycles. The quantitative estimate of drug-likeness (QED) is 0.163. The number of thiophene rings is 1. The molecule has 14 rings (SSSR count). The normalized spacial score (nSPS) is 17.1. The molecule has 5 nitrogen and oxygen atoms in total. The van der Waals surface area contributed by atoms with Gasteiger partial charge >= 0.3 is 0 Å². The van der Waals surface area contributed by atoms with Crippen molar-refractivity contribution in [1.29, 1.82) is 0 Å². The summed E-state index contributed by atoms with van der Waals surface area (Å²) in [6.45, 7) is 4.66. The molecule has 0 fully saturated rings. The second-order valence-electron chi connectivity index (χ2n) is 18.3. The molecule has 0 bridgehead atoms. The van der Waals surface area contributed by atoms with Crippen LogP contribution in [0, 0.1) is 0 Å². The SMILES string of the molecule is C=C1/C=C\C=C/N(C2=CC(c3ccccn3)C(NC3=CC=C=CC=C3)C=C2)c2ccc3c(sc4ccc(-n5c6ccccc6c6cc(-c7ccc8[nH]c9ccccc9c8c7)ccc65)cc43)c21.c1ccccc1. The van der Waals surface area contributed by atoms with Crippen molar-refractivity contribution >= 4 is 86.4 Å². The van der Waals surface area contributed by atoms with E-state index < -0.39 is 0 Å². The molecule has 6 heteroatoms. The van der Waals surface area contributed by atoms with E-state index >= 15 is 0 Å². The molecule has 3 aliphatic rings. The van der Waals surface area contributed by atoms with Gasteiger partial charge in [-0.1, -0.05) is 128 Å². The first kappa shape index (κ1) is 42.9. The maximum atomic E-state index is 4.84. The Morgan fingerprint density at radius 2 is 1.39 bits per heavy atom. The minimum atomic E-state index is -0.0182. The van der Waals surface area contributed by atoms with E-state index in [2.05, 4.69) is 214 Å². The van der Waals surface area contributed by atoms with Crippen molar-refractivity contribution in [1.82, 2.24) is 19.9 Å². The molecule has 11 aromatic rings. The number of nitrogens with zero attached hydrogens (tertiary/aromatic N) is 3. The van der Waals surface area contributed by atoms with Crippen molar-refractivity contribution in [3.05, 3.63) is 284 Å². The van der Waals surface area contributed by atoms with Gasteiger partial charge < -0.3 is 19.8 Å². The first-order chi connectivity index (χ1) is 35.6. The smallest absolute Gasteiger partial charge is 0.0567 e. The Morgan fingerprint density at radius 1 is 0.611 bits per heavy atom. The summed E-state index contributed by atoms with van der Waals surface area (Å²) in [5.74, 6) is -0.0182. The third kappa shape index (κ3) is 7.72. The number of H-pyrrole nitrogens is 1. The maximum absolute atomic E-state index is 4.84. The Balaban J connectivity index is 0.000000785. The Morgan fingerprint density at radius 3 is 2.25 bits per heavy atom. The molecule has 2 N–H and O–H groups in total. The number of pyridine rings is 1. The van der Waals surface area contributed by atoms with Gasteiger partial charge in [0.25, 0.3) is 0 Å². The summed E-state index contributed by atoms with van der Waals surface area (Å²) in [4.78, 5) is 10.7. The molecular formula is C66H47N5S. The molecule has 0 spiro atoms. The zero-order valence-electron chi connectivity index (χ0n) is 39.3. The molecule has 0 amide bonds. The third-order valence-electron chi connectivity index (χ3n) is 13.9. The van der Waals surface area contributed by atoms with Crippen molar-refractivity contribution in [2.24, 2.45) is 0 Å². The molecule has 1 aliphatic heterocycles. The fraction of sp³-hybridized carbons (Fsp3) is 0.0303. The number of fused-ring (bicyclic) bond motifs is 11. The first-order valence-electron chi connectivity index (χ1n) is 24.4. The highest BCUT2D eigenvalue weighted by atomic mass is 32.1. The zero-order chi connectivity index (χ0) is 48.0. The van der Waals surface area contributed by atoms with Gasteiger partial charge in [-0.15, -0.1) is 17.1 Å². The van der Waals surface area contributed by atoms with E-state index in [1.807, 2.05) is 78.2 Å². The van der Waals surface area contributed by atoms with E-state index in [-0.39, 0.29) is 12.0 Å². The molecular weight excluding hydrogens is 895 g/mol. The first-order valence-corrected chi connectivity index (χ1v) is 25.2. The zero-order valence-corrected chi connectivity index (χ0v) is 40.1. The van der Waals surface area contributed by atoms with Crippen molar-refractivity contribution in [2.75, 3.05) is 4.90 Å². The predicted molar refractivity (Wildman–Crippen MR) is 306 cm³/mol. The summed E-state index contributed by atoms with van der Waals surface area (Å²) in [6.07, 6.45) is 27.2. The second-order valence-corrected chi connectivity index (χ2v) is 19.3. The summed E-state index contributed by atoms with van der Waals surface area (Å²) >= 11 is 1.84. The average molecular weight is 942 g/mol. The fourth-order valence-corrected chi connectivity index (χ4v) is 11.8. The van der Waals surface area contributed by atoms with Crippen molar-refractivity contribution in [2.45, 2.75) is 12.0 Å². The van der Waals surface area contributed by atoms with Gasteiger partial charge in [0.15, 0.2) is 0 Å². The van der Waals surface area contributed by atoms with Crippen LogP contribution < -0.4 is 10.2 Å². The lowest BCUT2D eigenvalue weighted by molar-refractivity contribution is 0.597. The predicted octanol–water partition coefficient (Wildman–Crippen LogP) is 16.8. The number of benzene rings is 7. The Labute approximate surface area is 421 Å². The van der Waals surface area contributed by atoms with Crippen LogP contribution in [0.2, 0.25) is 0 Å². The number of aromatic nitrogens is 3. The number of hydrogen-bond donors (Lipinski definition) is 2. The van der Waals surface area contributed by atoms with Gasteiger partial charge in [-0.05, 0) is 132 Å². The number of anilines is 1. The third-order valence-corrected chi connectivity index (χ3v) is 15.1. The average Bonchev–Trinajstić information content (AvgIpc) is 4.02. The van der Waals surface area contributed by atoms with Crippen LogP contribution in [0.5, 0.6) is 0 Å². The van der Waals surface area contributed by atoms with Crippen LogP contribution in [0.3, 0.4) is 0 Å². The molecule has 2 aliphatic carbocycles. The van der Waals surface area contributed by atoms with E-state index in [9.17, 15) is 0 Å². The molecule has 0 saturated carbocycles. The largest absolute Gasteiger partial charge is 0.378 e. The van der Waals surface area contributed by atoms with E-state index in [1.54, 1.807) is 0 Å². The van der Waals surface area contributed by atoms with Crippen molar-refractivity contribution < 1.29 is 0 Å². The summed E-state index contributed by atoms with van der Waals surface area (Å²) in [7, 11) is 0. The maximum Gasteiger partial charge on any atom is 0.0567 e. The van der Waals surface area contributed by atoms with Crippen molar-refractivity contribution in [3.63, 3.8) is 0 Å². The van der Waals surface area contributed by atoms with E-state index in [0.29, 0.717) is 0 Å². The monoisotopic (exact) mass is 941 g/mol. The Bertz CT molecular complexity index is 4180. The highest BCUT2D eigenvalue weighted by Gasteiger charge is 2.28. The lowest BCUT2D eigenvalue weighted by Gasteiger charge is -2.32. The van der Waals surface area contributed by atoms with E-state index in [0.717, 1.165) is 50.6 Å². The minimum Gasteiger partial charge on any atom is -0.378 e. The van der Waals surface area contributed by atoms with E-state index in [4.69, 9.17) is 4.98 Å². The van der Waals surface area contributed by atoms with Crippen LogP contribution >= 0.6 is 11.3 Å². The standard InChI is InChI=1S/C60H41N5S.C6H6/c1-38-14-11-13-33-64(42-24-28-54(62-41-15-4-2-3-5-16-41)50(36-42)51-19-10-12-32-61-51)57-30-26-46-49-37-43(25-31-58(49)66-60(46)59(38)57)65-55-21-9-7-18-45(55)48-35-40(23-29-56(48)65)39-22-27-53-47(34-39)44-17-6-8-20-52(44)63-53;1-2-4-6-5-3-1/h2,4-37,50,54,62-63H,1H2;1-6H/b14-11-,33-13-;. The molecule has 342 valence electrons. The summed E-state index contributed by atoms with van der Waals surface area (Å²) in [5, 5.41) is 11.2. The molecule has 5 heterocycles. The number of allylic oxidation sites excluding steroid dienone is 9. The molecule has 2 atom stereocenters. The Hall–Kier alpha value is -9.19. The molecule has 4 aromatic heterocycles.